The van der Waals surface area contributed by atoms with E-state index < -0.39 is 23.5 Å². The first kappa shape index (κ1) is 11.4. The van der Waals surface area contributed by atoms with Gasteiger partial charge in [0.05, 0.1) is 11.6 Å². The van der Waals surface area contributed by atoms with Gasteiger partial charge in [0.25, 0.3) is 5.91 Å². The zero-order valence-electron chi connectivity index (χ0n) is 8.98. The Morgan fingerprint density at radius 3 is 2.82 bits per heavy atom. The topological polar surface area (TPSA) is 73.1 Å². The first-order valence-corrected chi connectivity index (χ1v) is 5.31. The molecule has 88 valence electrons. The standard InChI is InChI=1S/C12H11FN2O2/c13-8-3-4-9(11(16)5-8)12(17)15-10(6-14)7-1-2-7/h3-5,7,10,16H,1-2H2,(H,15,17). The fraction of sp³-hybridized carbons (Fsp3) is 0.333. The molecule has 1 aliphatic carbocycles. The fourth-order valence-electron chi connectivity index (χ4n) is 1.60. The van der Waals surface area contributed by atoms with E-state index in [0.717, 1.165) is 25.0 Å². The van der Waals surface area contributed by atoms with Gasteiger partial charge in [-0.3, -0.25) is 4.79 Å². The summed E-state index contributed by atoms with van der Waals surface area (Å²) in [5.74, 6) is -1.39. The van der Waals surface area contributed by atoms with E-state index in [1.54, 1.807) is 0 Å². The molecule has 1 aromatic carbocycles. The van der Waals surface area contributed by atoms with E-state index in [1.807, 2.05) is 6.07 Å². The summed E-state index contributed by atoms with van der Waals surface area (Å²) in [6.45, 7) is 0. The van der Waals surface area contributed by atoms with Crippen molar-refractivity contribution in [3.8, 4) is 11.8 Å². The molecule has 0 aliphatic heterocycles. The first-order valence-electron chi connectivity index (χ1n) is 5.31. The number of rotatable bonds is 3. The number of halogens is 1. The highest BCUT2D eigenvalue weighted by Crippen LogP contribution is 2.32. The summed E-state index contributed by atoms with van der Waals surface area (Å²) in [7, 11) is 0. The minimum Gasteiger partial charge on any atom is -0.507 e. The van der Waals surface area contributed by atoms with Gasteiger partial charge >= 0.3 is 0 Å². The van der Waals surface area contributed by atoms with Crippen molar-refractivity contribution >= 4 is 5.91 Å². The molecule has 1 aromatic rings. The molecule has 0 saturated heterocycles. The minimum atomic E-state index is -0.613. The maximum atomic E-state index is 12.7. The summed E-state index contributed by atoms with van der Waals surface area (Å²) >= 11 is 0. The van der Waals surface area contributed by atoms with Crippen LogP contribution in [-0.4, -0.2) is 17.1 Å². The number of carbonyl (C=O) groups excluding carboxylic acids is 1. The Hall–Kier alpha value is -2.09. The molecule has 4 nitrogen and oxygen atoms in total. The van der Waals surface area contributed by atoms with E-state index in [1.165, 1.54) is 6.07 Å². The van der Waals surface area contributed by atoms with Crippen molar-refractivity contribution in [1.29, 1.82) is 5.26 Å². The van der Waals surface area contributed by atoms with E-state index in [-0.39, 0.29) is 11.5 Å². The molecule has 1 atom stereocenters. The van der Waals surface area contributed by atoms with Crippen LogP contribution in [0.5, 0.6) is 5.75 Å². The van der Waals surface area contributed by atoms with Crippen LogP contribution in [0, 0.1) is 23.1 Å². The number of phenolic OH excluding ortho intramolecular Hbond substituents is 1. The van der Waals surface area contributed by atoms with E-state index >= 15 is 0 Å². The normalized spacial score (nSPS) is 16.0. The molecular weight excluding hydrogens is 223 g/mol. The van der Waals surface area contributed by atoms with E-state index in [2.05, 4.69) is 5.32 Å². The van der Waals surface area contributed by atoms with Crippen LogP contribution in [0.4, 0.5) is 4.39 Å². The summed E-state index contributed by atoms with van der Waals surface area (Å²) in [4.78, 5) is 11.7. The second-order valence-corrected chi connectivity index (χ2v) is 4.08. The molecule has 0 radical (unpaired) electrons. The number of carbonyl (C=O) groups is 1. The first-order chi connectivity index (χ1) is 8.11. The van der Waals surface area contributed by atoms with Crippen LogP contribution in [0.15, 0.2) is 18.2 Å². The molecule has 1 fully saturated rings. The monoisotopic (exact) mass is 234 g/mol. The van der Waals surface area contributed by atoms with Gasteiger partial charge in [-0.2, -0.15) is 5.26 Å². The van der Waals surface area contributed by atoms with Gasteiger partial charge in [-0.1, -0.05) is 0 Å². The van der Waals surface area contributed by atoms with Gasteiger partial charge in [0, 0.05) is 6.07 Å². The number of amides is 1. The average Bonchev–Trinajstić information content (AvgIpc) is 3.09. The lowest BCUT2D eigenvalue weighted by Gasteiger charge is -2.11. The van der Waals surface area contributed by atoms with Crippen LogP contribution in [0.2, 0.25) is 0 Å². The summed E-state index contributed by atoms with van der Waals surface area (Å²) in [6.07, 6.45) is 1.85. The minimum absolute atomic E-state index is 0.0210. The van der Waals surface area contributed by atoms with Gasteiger partial charge in [-0.25, -0.2) is 4.39 Å². The Morgan fingerprint density at radius 1 is 1.59 bits per heavy atom. The number of aromatic hydroxyl groups is 1. The number of nitriles is 1. The molecule has 0 aromatic heterocycles. The Labute approximate surface area is 97.7 Å². The third-order valence-corrected chi connectivity index (χ3v) is 2.72. The molecule has 1 amide bonds. The van der Waals surface area contributed by atoms with Crippen LogP contribution < -0.4 is 5.32 Å². The predicted octanol–water partition coefficient (Wildman–Crippen LogP) is 1.56. The van der Waals surface area contributed by atoms with Gasteiger partial charge in [0.2, 0.25) is 0 Å². The zero-order chi connectivity index (χ0) is 12.4. The lowest BCUT2D eigenvalue weighted by molar-refractivity contribution is 0.0939. The Kier molecular flexibility index (Phi) is 2.96. The summed E-state index contributed by atoms with van der Waals surface area (Å²) in [6, 6.07) is 4.63. The molecule has 2 N–H and O–H groups in total. The van der Waals surface area contributed by atoms with Crippen molar-refractivity contribution in [3.05, 3.63) is 29.6 Å². The number of phenols is 1. The molecule has 5 heteroatoms. The molecule has 1 aliphatic rings. The highest BCUT2D eigenvalue weighted by atomic mass is 19.1. The van der Waals surface area contributed by atoms with Crippen molar-refractivity contribution in [2.75, 3.05) is 0 Å². The molecule has 0 spiro atoms. The Bertz CT molecular complexity index is 492. The largest absolute Gasteiger partial charge is 0.507 e. The van der Waals surface area contributed by atoms with Gasteiger partial charge in [-0.05, 0) is 30.9 Å². The molecule has 0 heterocycles. The number of hydrogen-bond acceptors (Lipinski definition) is 3. The lowest BCUT2D eigenvalue weighted by Crippen LogP contribution is -2.35. The second-order valence-electron chi connectivity index (χ2n) is 4.08. The summed E-state index contributed by atoms with van der Waals surface area (Å²) < 4.78 is 12.7. The van der Waals surface area contributed by atoms with E-state index in [0.29, 0.717) is 0 Å². The third kappa shape index (κ3) is 2.53. The highest BCUT2D eigenvalue weighted by Gasteiger charge is 2.32. The van der Waals surface area contributed by atoms with Crippen LogP contribution in [0.1, 0.15) is 23.2 Å². The van der Waals surface area contributed by atoms with Crippen molar-refractivity contribution in [2.24, 2.45) is 5.92 Å². The van der Waals surface area contributed by atoms with Gasteiger partial charge in [0.15, 0.2) is 0 Å². The van der Waals surface area contributed by atoms with Crippen molar-refractivity contribution in [2.45, 2.75) is 18.9 Å². The fourth-order valence-corrected chi connectivity index (χ4v) is 1.60. The maximum absolute atomic E-state index is 12.7. The third-order valence-electron chi connectivity index (χ3n) is 2.72. The van der Waals surface area contributed by atoms with Gasteiger partial charge in [-0.15, -0.1) is 0 Å². The summed E-state index contributed by atoms with van der Waals surface area (Å²) in [5.41, 5.74) is -0.0210. The maximum Gasteiger partial charge on any atom is 0.256 e. The zero-order valence-corrected chi connectivity index (χ0v) is 8.98. The molecular formula is C12H11FN2O2. The molecule has 1 unspecified atom stereocenters. The van der Waals surface area contributed by atoms with Crippen LogP contribution in [0.25, 0.3) is 0 Å². The number of benzene rings is 1. The molecule has 1 saturated carbocycles. The number of nitrogens with one attached hydrogen (secondary N) is 1. The van der Waals surface area contributed by atoms with E-state index in [9.17, 15) is 14.3 Å². The smallest absolute Gasteiger partial charge is 0.256 e. The predicted molar refractivity (Wildman–Crippen MR) is 57.7 cm³/mol. The number of hydrogen-bond donors (Lipinski definition) is 2. The van der Waals surface area contributed by atoms with E-state index in [4.69, 9.17) is 5.26 Å². The Balaban J connectivity index is 2.11. The van der Waals surface area contributed by atoms with Gasteiger partial charge < -0.3 is 10.4 Å². The number of nitrogens with zero attached hydrogens (tertiary/aromatic N) is 1. The Morgan fingerprint density at radius 2 is 2.29 bits per heavy atom. The van der Waals surface area contributed by atoms with Crippen molar-refractivity contribution in [1.82, 2.24) is 5.32 Å². The van der Waals surface area contributed by atoms with Gasteiger partial charge in [0.1, 0.15) is 17.6 Å². The lowest BCUT2D eigenvalue weighted by atomic mass is 10.1. The van der Waals surface area contributed by atoms with Crippen LogP contribution >= 0.6 is 0 Å². The summed E-state index contributed by atoms with van der Waals surface area (Å²) in [5, 5.41) is 20.8. The second kappa shape index (κ2) is 4.42. The van der Waals surface area contributed by atoms with Crippen molar-refractivity contribution < 1.29 is 14.3 Å². The van der Waals surface area contributed by atoms with Crippen LogP contribution in [0.3, 0.4) is 0 Å². The molecule has 2 rings (SSSR count). The van der Waals surface area contributed by atoms with Crippen LogP contribution in [-0.2, 0) is 0 Å². The SMILES string of the molecule is N#CC(NC(=O)c1ccc(F)cc1O)C1CC1. The highest BCUT2D eigenvalue weighted by molar-refractivity contribution is 5.97. The average molecular weight is 234 g/mol. The molecule has 0 bridgehead atoms. The molecule has 17 heavy (non-hydrogen) atoms. The van der Waals surface area contributed by atoms with Crippen molar-refractivity contribution in [3.63, 3.8) is 0 Å². The quantitative estimate of drug-likeness (QED) is 0.833.